The zero-order valence-corrected chi connectivity index (χ0v) is 22.2. The van der Waals surface area contributed by atoms with Crippen LogP contribution in [0.5, 0.6) is 0 Å². The Morgan fingerprint density at radius 2 is 2.08 bits per heavy atom. The van der Waals surface area contributed by atoms with Gasteiger partial charge in [0.05, 0.1) is 18.8 Å². The van der Waals surface area contributed by atoms with E-state index in [1.807, 2.05) is 18.2 Å². The Bertz CT molecular complexity index is 1130. The summed E-state index contributed by atoms with van der Waals surface area (Å²) in [5.74, 6) is 0.501. The number of ether oxygens (including phenoxy) is 1. The molecule has 0 saturated carbocycles. The maximum absolute atomic E-state index is 12.3. The van der Waals surface area contributed by atoms with E-state index in [1.165, 1.54) is 29.6 Å². The molecule has 1 aromatic heterocycles. The van der Waals surface area contributed by atoms with Crippen LogP contribution in [0.15, 0.2) is 46.1 Å². The fraction of sp³-hybridized carbons (Fsp3) is 0.542. The number of aromatic amines is 1. The van der Waals surface area contributed by atoms with Gasteiger partial charge in [-0.25, -0.2) is 9.46 Å². The molecule has 12 heteroatoms. The highest BCUT2D eigenvalue weighted by Crippen LogP contribution is 2.49. The van der Waals surface area contributed by atoms with Gasteiger partial charge in [0.15, 0.2) is 0 Å². The maximum atomic E-state index is 12.3. The first-order chi connectivity index (χ1) is 18.4. The second kappa shape index (κ2) is 14.2. The zero-order chi connectivity index (χ0) is 27.5. The first-order valence-electron chi connectivity index (χ1n) is 12.8. The molecule has 2 fully saturated rings. The Labute approximate surface area is 218 Å². The third-order valence-corrected chi connectivity index (χ3v) is 8.29. The van der Waals surface area contributed by atoms with Crippen molar-refractivity contribution >= 4 is 25.4 Å². The number of nitrogens with one attached hydrogen (secondary N) is 1. The summed E-state index contributed by atoms with van der Waals surface area (Å²) in [6.45, 7) is 3.68. The van der Waals surface area contributed by atoms with E-state index in [4.69, 9.17) is 16.6 Å². The van der Waals surface area contributed by atoms with Crippen LogP contribution in [0.25, 0.3) is 0 Å². The average molecular weight is 543 g/mol. The predicted molar refractivity (Wildman–Crippen MR) is 140 cm³/mol. The highest BCUT2D eigenvalue weighted by molar-refractivity contribution is 8.14. The molecule has 0 radical (unpaired) electrons. The van der Waals surface area contributed by atoms with Gasteiger partial charge in [-0.15, -0.1) is 0 Å². The van der Waals surface area contributed by atoms with Crippen LogP contribution in [0.4, 0.5) is 0 Å². The number of hydrogen-bond acceptors (Lipinski definition) is 9. The quantitative estimate of drug-likeness (QED) is 0.364. The lowest BCUT2D eigenvalue weighted by molar-refractivity contribution is -0.00804. The number of H-pyrrole nitrogens is 1. The number of rotatable bonds is 9. The molecule has 0 amide bonds. The maximum Gasteiger partial charge on any atom is 0.330 e. The number of hydrogen-bond donors (Lipinski definition) is 2. The number of carbonyl (C=O) groups is 1. The third kappa shape index (κ3) is 7.58. The van der Waals surface area contributed by atoms with Crippen molar-refractivity contribution < 1.29 is 25.1 Å². The topological polar surface area (TPSA) is 123 Å². The minimum atomic E-state index is -1.40. The van der Waals surface area contributed by atoms with Crippen LogP contribution in [-0.2, 0) is 13.8 Å². The van der Waals surface area contributed by atoms with Crippen molar-refractivity contribution in [2.75, 3.05) is 32.6 Å². The van der Waals surface area contributed by atoms with Crippen LogP contribution in [0.1, 0.15) is 49.7 Å². The number of thioether (sulfide) groups is 1. The summed E-state index contributed by atoms with van der Waals surface area (Å²) < 4.78 is 35.6. The highest BCUT2D eigenvalue weighted by Gasteiger charge is 2.38. The van der Waals surface area contributed by atoms with E-state index in [0.29, 0.717) is 29.9 Å². The molecule has 2 aliphatic heterocycles. The largest absolute Gasteiger partial charge is 0.400 e. The SMILES string of the molecule is [2H]C[C@H]1O[C@@H](n2cc(C)c(=O)[nH]c2=O)C[C@H]1OP(OCCSC(=O)c1ccccc1)N1CCCC1.[3H]OC. The molecule has 36 heavy (non-hydrogen) atoms. The monoisotopic (exact) mass is 542 g/mol. The van der Waals surface area contributed by atoms with Crippen molar-refractivity contribution in [2.24, 2.45) is 0 Å². The van der Waals surface area contributed by atoms with Crippen molar-refractivity contribution in [3.63, 3.8) is 0 Å². The van der Waals surface area contributed by atoms with E-state index in [-0.39, 0.29) is 12.0 Å². The van der Waals surface area contributed by atoms with E-state index >= 15 is 0 Å². The van der Waals surface area contributed by atoms with Crippen LogP contribution < -0.4 is 11.2 Å². The van der Waals surface area contributed by atoms with Crippen molar-refractivity contribution in [1.82, 2.24) is 14.2 Å². The summed E-state index contributed by atoms with van der Waals surface area (Å²) in [4.78, 5) is 38.7. The van der Waals surface area contributed by atoms with Gasteiger partial charge in [-0.3, -0.25) is 19.1 Å². The van der Waals surface area contributed by atoms with Crippen LogP contribution in [0, 0.1) is 6.92 Å². The first kappa shape index (κ1) is 25.8. The molecule has 2 aromatic rings. The summed E-state index contributed by atoms with van der Waals surface area (Å²) >= 11 is 1.21. The number of nitrogens with zero attached hydrogens (tertiary/aromatic N) is 2. The number of aliphatic hydroxyl groups is 1. The number of carbonyl (C=O) groups excluding carboxylic acids is 1. The molecule has 1 unspecified atom stereocenters. The molecule has 10 nitrogen and oxygen atoms in total. The second-order valence-electron chi connectivity index (χ2n) is 8.22. The summed E-state index contributed by atoms with van der Waals surface area (Å²) in [5, 5.41) is 3.50. The molecule has 3 heterocycles. The van der Waals surface area contributed by atoms with E-state index in [9.17, 15) is 14.4 Å². The van der Waals surface area contributed by atoms with Crippen molar-refractivity contribution in [2.45, 2.75) is 51.5 Å². The van der Waals surface area contributed by atoms with E-state index in [1.54, 1.807) is 19.1 Å². The molecule has 2 aliphatic rings. The van der Waals surface area contributed by atoms with Crippen LogP contribution in [-0.4, -0.2) is 70.6 Å². The Hall–Kier alpha value is -1.85. The fourth-order valence-corrected chi connectivity index (χ4v) is 6.30. The number of benzene rings is 1. The first-order valence-corrected chi connectivity index (χ1v) is 13.8. The molecular formula is C24H34N3O7PS. The average Bonchev–Trinajstić information content (AvgIpc) is 3.59. The standard InChI is InChI=1S/C23H30N3O6PS.CH4O/c1-16-15-26(23(29)24-21(16)27)20-14-19(17(2)31-20)32-33(25-10-6-7-11-25)30-12-13-34-22(28)18-8-4-3-5-9-18;1-2/h3-5,8-9,15,17,19-20H,6-7,10-14H2,1-2H3,(H,24,27,29);2H,1H3/t17-,19-,20-,33?;/m1./s1/i2D;2T. The highest BCUT2D eigenvalue weighted by atomic mass is 32.2. The van der Waals surface area contributed by atoms with Crippen molar-refractivity contribution in [3.05, 3.63) is 68.5 Å². The third-order valence-electron chi connectivity index (χ3n) is 5.70. The molecule has 2 saturated heterocycles. The molecule has 198 valence electrons. The summed E-state index contributed by atoms with van der Waals surface area (Å²) in [6, 6.07) is 9.15. The van der Waals surface area contributed by atoms with Crippen molar-refractivity contribution in [3.8, 4) is 0 Å². The summed E-state index contributed by atoms with van der Waals surface area (Å²) in [5.41, 5.74) is 0.0951. The van der Waals surface area contributed by atoms with Gasteiger partial charge in [-0.1, -0.05) is 42.1 Å². The van der Waals surface area contributed by atoms with E-state index < -0.39 is 38.2 Å². The van der Waals surface area contributed by atoms with Gasteiger partial charge in [0, 0.05) is 51.1 Å². The van der Waals surface area contributed by atoms with Gasteiger partial charge in [0.1, 0.15) is 6.23 Å². The number of aliphatic hydroxyl groups excluding tert-OH is 1. The normalized spacial score (nSPS) is 23.4. The lowest BCUT2D eigenvalue weighted by Gasteiger charge is -2.28. The molecule has 0 aliphatic carbocycles. The Kier molecular flexibility index (Phi) is 10.2. The van der Waals surface area contributed by atoms with Crippen LogP contribution >= 0.6 is 20.3 Å². The smallest absolute Gasteiger partial charge is 0.330 e. The Balaban J connectivity index is 0.00000127. The predicted octanol–water partition coefficient (Wildman–Crippen LogP) is 3.06. The summed E-state index contributed by atoms with van der Waals surface area (Å²) in [7, 11) is -0.105. The van der Waals surface area contributed by atoms with E-state index in [2.05, 4.69) is 14.8 Å². The molecule has 1 aromatic carbocycles. The van der Waals surface area contributed by atoms with Gasteiger partial charge in [0.2, 0.25) is 6.55 Å². The van der Waals surface area contributed by atoms with Gasteiger partial charge < -0.3 is 18.9 Å². The minimum absolute atomic E-state index is 0.00330. The molecule has 4 rings (SSSR count). The zero-order valence-electron chi connectivity index (χ0n) is 22.5. The number of aryl methyl sites for hydroxylation is 1. The van der Waals surface area contributed by atoms with E-state index in [0.717, 1.165) is 25.9 Å². The lowest BCUT2D eigenvalue weighted by atomic mass is 10.2. The van der Waals surface area contributed by atoms with Crippen LogP contribution in [0.2, 0.25) is 0 Å². The van der Waals surface area contributed by atoms with Gasteiger partial charge in [0.25, 0.3) is 14.1 Å². The molecule has 4 atom stereocenters. The van der Waals surface area contributed by atoms with Crippen LogP contribution in [0.3, 0.4) is 0 Å². The molecular weight excluding hydrogens is 505 g/mol. The summed E-state index contributed by atoms with van der Waals surface area (Å²) in [6.07, 6.45) is 2.39. The Morgan fingerprint density at radius 3 is 2.78 bits per heavy atom. The molecule has 0 spiro atoms. The van der Waals surface area contributed by atoms with Gasteiger partial charge in [-0.2, -0.15) is 0 Å². The lowest BCUT2D eigenvalue weighted by Crippen LogP contribution is -2.33. The molecule has 0 bridgehead atoms. The Morgan fingerprint density at radius 1 is 1.36 bits per heavy atom. The fourth-order valence-electron chi connectivity index (χ4n) is 3.85. The van der Waals surface area contributed by atoms with Gasteiger partial charge in [-0.05, 0) is 26.7 Å². The number of aromatic nitrogens is 2. The van der Waals surface area contributed by atoms with Gasteiger partial charge >= 0.3 is 5.69 Å². The second-order valence-corrected chi connectivity index (χ2v) is 10.8. The van der Waals surface area contributed by atoms with Crippen molar-refractivity contribution in [1.29, 1.82) is 1.43 Å². The molecule has 2 N–H and O–H groups in total. The minimum Gasteiger partial charge on any atom is -0.400 e.